The standard InChI is InChI=1S/C21H25N5O5/c1-12-17(13(2)30-24-12)10-16-4-5-18(29-16)21(28)22-11-19-23-20(25-31-19)15-6-8-26(9-7-15)14(3)27/h4-5,15H,6-11H2,1-3H3,(H,22,28). The van der Waals surface area contributed by atoms with Crippen molar-refractivity contribution < 1.29 is 23.1 Å². The molecule has 0 bridgehead atoms. The van der Waals surface area contributed by atoms with Crippen LogP contribution in [0.3, 0.4) is 0 Å². The zero-order valence-electron chi connectivity index (χ0n) is 17.8. The SMILES string of the molecule is CC(=O)N1CCC(c2noc(CNC(=O)c3ccc(Cc4c(C)noc4C)o3)n2)CC1. The van der Waals surface area contributed by atoms with Gasteiger partial charge in [-0.15, -0.1) is 0 Å². The number of hydrogen-bond donors (Lipinski definition) is 1. The highest BCUT2D eigenvalue weighted by atomic mass is 16.5. The van der Waals surface area contributed by atoms with Crippen molar-refractivity contribution >= 4 is 11.8 Å². The number of likely N-dealkylation sites (tertiary alicyclic amines) is 1. The third-order valence-corrected chi connectivity index (χ3v) is 5.61. The summed E-state index contributed by atoms with van der Waals surface area (Å²) in [6, 6.07) is 3.39. The second-order valence-corrected chi connectivity index (χ2v) is 7.75. The van der Waals surface area contributed by atoms with Gasteiger partial charge < -0.3 is 23.7 Å². The fraction of sp³-hybridized carbons (Fsp3) is 0.476. The van der Waals surface area contributed by atoms with Gasteiger partial charge in [-0.1, -0.05) is 10.3 Å². The quantitative estimate of drug-likeness (QED) is 0.636. The number of carbonyl (C=O) groups excluding carboxylic acids is 2. The van der Waals surface area contributed by atoms with Gasteiger partial charge in [0.25, 0.3) is 5.91 Å². The summed E-state index contributed by atoms with van der Waals surface area (Å²) in [6.45, 7) is 6.78. The fourth-order valence-corrected chi connectivity index (χ4v) is 3.72. The lowest BCUT2D eigenvalue weighted by Crippen LogP contribution is -2.36. The van der Waals surface area contributed by atoms with Gasteiger partial charge in [0.15, 0.2) is 11.6 Å². The monoisotopic (exact) mass is 427 g/mol. The number of piperidine rings is 1. The Morgan fingerprint density at radius 1 is 1.16 bits per heavy atom. The van der Waals surface area contributed by atoms with E-state index in [0.717, 1.165) is 29.9 Å². The second-order valence-electron chi connectivity index (χ2n) is 7.75. The molecule has 4 heterocycles. The van der Waals surface area contributed by atoms with Crippen molar-refractivity contribution in [1.82, 2.24) is 25.5 Å². The van der Waals surface area contributed by atoms with E-state index in [1.807, 2.05) is 18.7 Å². The van der Waals surface area contributed by atoms with Crippen LogP contribution < -0.4 is 5.32 Å². The summed E-state index contributed by atoms with van der Waals surface area (Å²) in [4.78, 5) is 30.1. The van der Waals surface area contributed by atoms with Gasteiger partial charge in [0.2, 0.25) is 11.8 Å². The Morgan fingerprint density at radius 2 is 1.94 bits per heavy atom. The molecule has 1 N–H and O–H groups in total. The van der Waals surface area contributed by atoms with E-state index < -0.39 is 0 Å². The van der Waals surface area contributed by atoms with Crippen LogP contribution in [0.1, 0.15) is 70.7 Å². The van der Waals surface area contributed by atoms with E-state index in [-0.39, 0.29) is 30.0 Å². The molecule has 4 rings (SSSR count). The van der Waals surface area contributed by atoms with Crippen LogP contribution in [-0.4, -0.2) is 45.1 Å². The number of nitrogens with one attached hydrogen (secondary N) is 1. The summed E-state index contributed by atoms with van der Waals surface area (Å²) >= 11 is 0. The maximum Gasteiger partial charge on any atom is 0.287 e. The second kappa shape index (κ2) is 8.75. The van der Waals surface area contributed by atoms with Crippen molar-refractivity contribution in [3.8, 4) is 0 Å². The summed E-state index contributed by atoms with van der Waals surface area (Å²) in [6.07, 6.45) is 2.10. The Bertz CT molecular complexity index is 1050. The Kier molecular flexibility index (Phi) is 5.88. The van der Waals surface area contributed by atoms with Crippen molar-refractivity contribution in [2.45, 2.75) is 52.5 Å². The van der Waals surface area contributed by atoms with Gasteiger partial charge in [0.1, 0.15) is 11.5 Å². The maximum atomic E-state index is 12.4. The highest BCUT2D eigenvalue weighted by Gasteiger charge is 2.26. The predicted molar refractivity (Wildman–Crippen MR) is 107 cm³/mol. The lowest BCUT2D eigenvalue weighted by molar-refractivity contribution is -0.129. The van der Waals surface area contributed by atoms with Crippen LogP contribution in [0.5, 0.6) is 0 Å². The third-order valence-electron chi connectivity index (χ3n) is 5.61. The Balaban J connectivity index is 1.30. The van der Waals surface area contributed by atoms with Gasteiger partial charge in [-0.25, -0.2) is 0 Å². The topological polar surface area (TPSA) is 128 Å². The molecule has 164 valence electrons. The minimum atomic E-state index is -0.362. The predicted octanol–water partition coefficient (Wildman–Crippen LogP) is 2.51. The molecule has 10 nitrogen and oxygen atoms in total. The van der Waals surface area contributed by atoms with E-state index in [1.54, 1.807) is 19.1 Å². The molecule has 1 fully saturated rings. The first-order valence-electron chi connectivity index (χ1n) is 10.3. The van der Waals surface area contributed by atoms with Gasteiger partial charge in [0.05, 0.1) is 12.2 Å². The molecule has 10 heteroatoms. The lowest BCUT2D eigenvalue weighted by atomic mass is 9.96. The highest BCUT2D eigenvalue weighted by molar-refractivity contribution is 5.91. The summed E-state index contributed by atoms with van der Waals surface area (Å²) in [5, 5.41) is 10.7. The van der Waals surface area contributed by atoms with Crippen LogP contribution in [0.4, 0.5) is 0 Å². The van der Waals surface area contributed by atoms with Gasteiger partial charge in [-0.05, 0) is 38.8 Å². The minimum absolute atomic E-state index is 0.0859. The number of aryl methyl sites for hydroxylation is 2. The van der Waals surface area contributed by atoms with E-state index in [9.17, 15) is 9.59 Å². The summed E-state index contributed by atoms with van der Waals surface area (Å²) in [5.74, 6) is 2.42. The van der Waals surface area contributed by atoms with Crippen molar-refractivity contribution in [1.29, 1.82) is 0 Å². The Labute approximate surface area is 178 Å². The van der Waals surface area contributed by atoms with Crippen LogP contribution in [0, 0.1) is 13.8 Å². The van der Waals surface area contributed by atoms with Gasteiger partial charge in [0, 0.05) is 37.9 Å². The highest BCUT2D eigenvalue weighted by Crippen LogP contribution is 2.26. The molecule has 0 atom stereocenters. The molecular formula is C21H25N5O5. The largest absolute Gasteiger partial charge is 0.456 e. The number of hydrogen-bond acceptors (Lipinski definition) is 8. The molecule has 1 saturated heterocycles. The van der Waals surface area contributed by atoms with Gasteiger partial charge in [-0.3, -0.25) is 9.59 Å². The van der Waals surface area contributed by atoms with Crippen molar-refractivity contribution in [3.05, 3.63) is 52.4 Å². The maximum absolute atomic E-state index is 12.4. The number of nitrogens with zero attached hydrogens (tertiary/aromatic N) is 4. The Morgan fingerprint density at radius 3 is 2.61 bits per heavy atom. The first-order valence-corrected chi connectivity index (χ1v) is 10.3. The van der Waals surface area contributed by atoms with E-state index in [1.165, 1.54) is 0 Å². The fourth-order valence-electron chi connectivity index (χ4n) is 3.72. The van der Waals surface area contributed by atoms with Crippen LogP contribution in [-0.2, 0) is 17.8 Å². The molecule has 0 aromatic carbocycles. The van der Waals surface area contributed by atoms with Gasteiger partial charge in [-0.2, -0.15) is 4.98 Å². The molecule has 3 aromatic heterocycles. The molecule has 2 amide bonds. The van der Waals surface area contributed by atoms with Crippen molar-refractivity contribution in [2.24, 2.45) is 0 Å². The Hall–Kier alpha value is -3.43. The number of carbonyl (C=O) groups is 2. The molecule has 31 heavy (non-hydrogen) atoms. The zero-order valence-corrected chi connectivity index (χ0v) is 17.8. The molecule has 3 aromatic rings. The van der Waals surface area contributed by atoms with E-state index >= 15 is 0 Å². The molecule has 0 unspecified atom stereocenters. The average Bonchev–Trinajstić information content (AvgIpc) is 3.50. The summed E-state index contributed by atoms with van der Waals surface area (Å²) in [7, 11) is 0. The van der Waals surface area contributed by atoms with E-state index in [2.05, 4.69) is 20.6 Å². The van der Waals surface area contributed by atoms with E-state index in [0.29, 0.717) is 37.0 Å². The van der Waals surface area contributed by atoms with E-state index in [4.69, 9.17) is 13.5 Å². The molecule has 0 radical (unpaired) electrons. The number of amides is 2. The first-order chi connectivity index (χ1) is 14.9. The molecule has 0 saturated carbocycles. The molecule has 1 aliphatic heterocycles. The zero-order chi connectivity index (χ0) is 22.0. The molecule has 0 aliphatic carbocycles. The van der Waals surface area contributed by atoms with Gasteiger partial charge >= 0.3 is 0 Å². The molecule has 0 spiro atoms. The summed E-state index contributed by atoms with van der Waals surface area (Å²) in [5.41, 5.74) is 1.76. The van der Waals surface area contributed by atoms with Crippen LogP contribution in [0.25, 0.3) is 0 Å². The lowest BCUT2D eigenvalue weighted by Gasteiger charge is -2.29. The van der Waals surface area contributed by atoms with Crippen LogP contribution in [0.2, 0.25) is 0 Å². The van der Waals surface area contributed by atoms with Crippen LogP contribution >= 0.6 is 0 Å². The minimum Gasteiger partial charge on any atom is -0.456 e. The smallest absolute Gasteiger partial charge is 0.287 e. The van der Waals surface area contributed by atoms with Crippen LogP contribution in [0.15, 0.2) is 25.6 Å². The molecular weight excluding hydrogens is 402 g/mol. The number of rotatable bonds is 6. The first kappa shape index (κ1) is 20.8. The summed E-state index contributed by atoms with van der Waals surface area (Å²) < 4.78 is 16.1. The normalized spacial score (nSPS) is 14.7. The number of aromatic nitrogens is 3. The van der Waals surface area contributed by atoms with Crippen molar-refractivity contribution in [2.75, 3.05) is 13.1 Å². The average molecular weight is 427 g/mol. The third kappa shape index (κ3) is 4.68. The molecule has 1 aliphatic rings. The van der Waals surface area contributed by atoms with Crippen molar-refractivity contribution in [3.63, 3.8) is 0 Å². The number of furan rings is 1.